The molecule has 1 aliphatic heterocycles. The van der Waals surface area contributed by atoms with E-state index in [1.807, 2.05) is 53.4 Å². The second kappa shape index (κ2) is 7.76. The van der Waals surface area contributed by atoms with Crippen LogP contribution in [0.1, 0.15) is 22.3 Å². The van der Waals surface area contributed by atoms with Crippen molar-refractivity contribution in [2.75, 3.05) is 18.6 Å². The topological polar surface area (TPSA) is 51.5 Å². The third-order valence-electron chi connectivity index (χ3n) is 5.86. The van der Waals surface area contributed by atoms with E-state index in [1.165, 1.54) is 5.56 Å². The summed E-state index contributed by atoms with van der Waals surface area (Å²) in [5, 5.41) is 1.19. The van der Waals surface area contributed by atoms with Gasteiger partial charge in [0, 0.05) is 34.9 Å². The third-order valence-corrected chi connectivity index (χ3v) is 5.86. The van der Waals surface area contributed by atoms with E-state index in [-0.39, 0.29) is 11.5 Å². The number of fused-ring (bicyclic) bond motifs is 2. The molecular formula is C26H22N2O3. The lowest BCUT2D eigenvalue weighted by molar-refractivity contribution is 0.0986. The highest BCUT2D eigenvalue weighted by Crippen LogP contribution is 2.29. The molecule has 0 aliphatic carbocycles. The van der Waals surface area contributed by atoms with Crippen LogP contribution in [-0.2, 0) is 6.42 Å². The first-order valence-electron chi connectivity index (χ1n) is 10.4. The summed E-state index contributed by atoms with van der Waals surface area (Å²) in [4.78, 5) is 28.8. The van der Waals surface area contributed by atoms with E-state index in [2.05, 4.69) is 6.07 Å². The van der Waals surface area contributed by atoms with Gasteiger partial charge in [-0.2, -0.15) is 0 Å². The van der Waals surface area contributed by atoms with Crippen LogP contribution in [0.2, 0.25) is 0 Å². The molecule has 1 aromatic heterocycles. The predicted molar refractivity (Wildman–Crippen MR) is 123 cm³/mol. The van der Waals surface area contributed by atoms with Crippen molar-refractivity contribution in [1.82, 2.24) is 4.57 Å². The second-order valence-corrected chi connectivity index (χ2v) is 7.65. The number of hydrogen-bond donors (Lipinski definition) is 0. The van der Waals surface area contributed by atoms with Gasteiger partial charge in [0.1, 0.15) is 5.75 Å². The summed E-state index contributed by atoms with van der Waals surface area (Å²) in [6, 6.07) is 22.6. The molecule has 5 rings (SSSR count). The number of ether oxygens (including phenoxy) is 1. The maximum Gasteiger partial charge on any atom is 0.262 e. The Kier molecular flexibility index (Phi) is 4.79. The van der Waals surface area contributed by atoms with Crippen molar-refractivity contribution in [2.45, 2.75) is 12.8 Å². The molecule has 1 amide bonds. The first kappa shape index (κ1) is 19.1. The molecule has 31 heavy (non-hydrogen) atoms. The maximum atomic E-state index is 13.8. The van der Waals surface area contributed by atoms with Crippen LogP contribution in [0.3, 0.4) is 0 Å². The fourth-order valence-corrected chi connectivity index (χ4v) is 4.29. The quantitative estimate of drug-likeness (QED) is 0.496. The minimum absolute atomic E-state index is 0.0920. The number of pyridine rings is 1. The predicted octanol–water partition coefficient (Wildman–Crippen LogP) is 4.59. The molecule has 1 aliphatic rings. The summed E-state index contributed by atoms with van der Waals surface area (Å²) >= 11 is 0. The normalized spacial score (nSPS) is 13.1. The first-order chi connectivity index (χ1) is 15.2. The summed E-state index contributed by atoms with van der Waals surface area (Å²) in [5.74, 6) is 0.615. The summed E-state index contributed by atoms with van der Waals surface area (Å²) < 4.78 is 6.78. The number of carbonyl (C=O) groups is 1. The number of amides is 1. The number of methoxy groups -OCH3 is 1. The molecule has 0 radical (unpaired) electrons. The van der Waals surface area contributed by atoms with Crippen molar-refractivity contribution < 1.29 is 9.53 Å². The molecular weight excluding hydrogens is 388 g/mol. The summed E-state index contributed by atoms with van der Waals surface area (Å²) in [5.41, 5.74) is 3.17. The number of aryl methyl sites for hydroxylation is 1. The zero-order valence-corrected chi connectivity index (χ0v) is 17.2. The van der Waals surface area contributed by atoms with Gasteiger partial charge < -0.3 is 9.64 Å². The number of hydrogen-bond acceptors (Lipinski definition) is 3. The Bertz CT molecular complexity index is 1340. The second-order valence-electron chi connectivity index (χ2n) is 7.65. The van der Waals surface area contributed by atoms with Gasteiger partial charge in [-0.3, -0.25) is 14.2 Å². The Morgan fingerprint density at radius 3 is 2.39 bits per heavy atom. The van der Waals surface area contributed by atoms with E-state index in [0.29, 0.717) is 34.3 Å². The number of aromatic nitrogens is 1. The van der Waals surface area contributed by atoms with Crippen molar-refractivity contribution in [3.63, 3.8) is 0 Å². The molecule has 5 heteroatoms. The molecule has 0 bridgehead atoms. The Hall–Kier alpha value is -3.86. The van der Waals surface area contributed by atoms with Gasteiger partial charge in [-0.1, -0.05) is 36.4 Å². The maximum absolute atomic E-state index is 13.8. The standard InChI is InChI=1S/C26H22N2O3/c1-31-20-14-12-19(13-15-20)28-17-23(21-9-3-4-10-22(21)25(28)29)26(30)27-16-6-8-18-7-2-5-11-24(18)27/h2-5,7,9-15,17H,6,8,16H2,1H3. The summed E-state index contributed by atoms with van der Waals surface area (Å²) in [6.07, 6.45) is 3.55. The minimum atomic E-state index is -0.156. The molecule has 2 heterocycles. The average Bonchev–Trinajstić information content (AvgIpc) is 2.84. The van der Waals surface area contributed by atoms with E-state index in [1.54, 1.807) is 36.1 Å². The van der Waals surface area contributed by atoms with Crippen molar-refractivity contribution in [3.05, 3.63) is 100 Å². The zero-order valence-electron chi connectivity index (χ0n) is 17.2. The molecule has 4 aromatic rings. The summed E-state index contributed by atoms with van der Waals surface area (Å²) in [6.45, 7) is 0.659. The number of para-hydroxylation sites is 1. The lowest BCUT2D eigenvalue weighted by atomic mass is 9.99. The highest BCUT2D eigenvalue weighted by Gasteiger charge is 2.25. The molecule has 0 N–H and O–H groups in total. The highest BCUT2D eigenvalue weighted by atomic mass is 16.5. The van der Waals surface area contributed by atoms with Crippen molar-refractivity contribution in [1.29, 1.82) is 0 Å². The van der Waals surface area contributed by atoms with Gasteiger partial charge in [-0.05, 0) is 54.8 Å². The van der Waals surface area contributed by atoms with E-state index >= 15 is 0 Å². The Morgan fingerprint density at radius 2 is 1.61 bits per heavy atom. The van der Waals surface area contributed by atoms with Gasteiger partial charge in [-0.25, -0.2) is 0 Å². The Balaban J connectivity index is 1.69. The Morgan fingerprint density at radius 1 is 0.903 bits per heavy atom. The van der Waals surface area contributed by atoms with Gasteiger partial charge in [0.2, 0.25) is 0 Å². The number of benzene rings is 3. The fraction of sp³-hybridized carbons (Fsp3) is 0.154. The fourth-order valence-electron chi connectivity index (χ4n) is 4.29. The largest absolute Gasteiger partial charge is 0.497 e. The van der Waals surface area contributed by atoms with Gasteiger partial charge in [0.15, 0.2) is 0 Å². The molecule has 0 spiro atoms. The van der Waals surface area contributed by atoms with Crippen LogP contribution in [0, 0.1) is 0 Å². The van der Waals surface area contributed by atoms with Crippen molar-refractivity contribution in [2.24, 2.45) is 0 Å². The molecule has 3 aromatic carbocycles. The van der Waals surface area contributed by atoms with Crippen LogP contribution in [0.5, 0.6) is 5.75 Å². The van der Waals surface area contributed by atoms with Crippen molar-refractivity contribution >= 4 is 22.4 Å². The van der Waals surface area contributed by atoms with E-state index in [9.17, 15) is 9.59 Å². The number of rotatable bonds is 3. The van der Waals surface area contributed by atoms with Crippen LogP contribution in [0.25, 0.3) is 16.5 Å². The highest BCUT2D eigenvalue weighted by molar-refractivity contribution is 6.14. The lowest BCUT2D eigenvalue weighted by Crippen LogP contribution is -2.36. The smallest absolute Gasteiger partial charge is 0.262 e. The molecule has 0 atom stereocenters. The van der Waals surface area contributed by atoms with E-state index in [4.69, 9.17) is 4.74 Å². The molecule has 0 saturated carbocycles. The number of anilines is 1. The zero-order chi connectivity index (χ0) is 21.4. The molecule has 0 saturated heterocycles. The Labute approximate surface area is 180 Å². The third kappa shape index (κ3) is 3.28. The first-order valence-corrected chi connectivity index (χ1v) is 10.4. The van der Waals surface area contributed by atoms with Crippen LogP contribution in [-0.4, -0.2) is 24.1 Å². The van der Waals surface area contributed by atoms with Crippen LogP contribution in [0.4, 0.5) is 5.69 Å². The van der Waals surface area contributed by atoms with Gasteiger partial charge in [0.05, 0.1) is 12.7 Å². The number of carbonyl (C=O) groups excluding carboxylic acids is 1. The number of nitrogens with zero attached hydrogens (tertiary/aromatic N) is 2. The lowest BCUT2D eigenvalue weighted by Gasteiger charge is -2.30. The molecule has 154 valence electrons. The van der Waals surface area contributed by atoms with Crippen LogP contribution < -0.4 is 15.2 Å². The molecule has 5 nitrogen and oxygen atoms in total. The minimum Gasteiger partial charge on any atom is -0.497 e. The van der Waals surface area contributed by atoms with Crippen LogP contribution >= 0.6 is 0 Å². The van der Waals surface area contributed by atoms with E-state index < -0.39 is 0 Å². The molecule has 0 fully saturated rings. The SMILES string of the molecule is COc1ccc(-n2cc(C(=O)N3CCCc4ccccc43)c3ccccc3c2=O)cc1. The van der Waals surface area contributed by atoms with Gasteiger partial charge in [0.25, 0.3) is 11.5 Å². The van der Waals surface area contributed by atoms with E-state index in [0.717, 1.165) is 18.5 Å². The monoisotopic (exact) mass is 410 g/mol. The molecule has 0 unspecified atom stereocenters. The van der Waals surface area contributed by atoms with Crippen LogP contribution in [0.15, 0.2) is 83.8 Å². The van der Waals surface area contributed by atoms with Gasteiger partial charge >= 0.3 is 0 Å². The van der Waals surface area contributed by atoms with Gasteiger partial charge in [-0.15, -0.1) is 0 Å². The summed E-state index contributed by atoms with van der Waals surface area (Å²) in [7, 11) is 1.60. The average molecular weight is 410 g/mol. The van der Waals surface area contributed by atoms with Crippen molar-refractivity contribution in [3.8, 4) is 11.4 Å².